The van der Waals surface area contributed by atoms with E-state index in [9.17, 15) is 9.18 Å². The third kappa shape index (κ3) is 5.33. The first-order valence-electron chi connectivity index (χ1n) is 9.36. The number of hydrogen-bond acceptors (Lipinski definition) is 7. The molecule has 0 atom stereocenters. The highest BCUT2D eigenvalue weighted by atomic mass is 19.1. The smallest absolute Gasteiger partial charge is 0.291 e. The van der Waals surface area contributed by atoms with Crippen molar-refractivity contribution in [3.05, 3.63) is 65.9 Å². The highest BCUT2D eigenvalue weighted by Gasteiger charge is 2.12. The Kier molecular flexibility index (Phi) is 7.10. The highest BCUT2D eigenvalue weighted by molar-refractivity contribution is 5.93. The molecule has 2 aromatic carbocycles. The molecule has 0 saturated carbocycles. The number of halogens is 1. The van der Waals surface area contributed by atoms with Gasteiger partial charge in [-0.2, -0.15) is 9.49 Å². The summed E-state index contributed by atoms with van der Waals surface area (Å²) in [5, 5.41) is 3.89. The fraction of sp³-hybridized carbons (Fsp3) is 0.182. The van der Waals surface area contributed by atoms with Crippen molar-refractivity contribution >= 4 is 12.1 Å². The van der Waals surface area contributed by atoms with Crippen LogP contribution in [0.25, 0.3) is 11.3 Å². The molecule has 8 nitrogen and oxygen atoms in total. The van der Waals surface area contributed by atoms with E-state index in [0.29, 0.717) is 17.9 Å². The molecule has 0 radical (unpaired) electrons. The summed E-state index contributed by atoms with van der Waals surface area (Å²) in [5.41, 5.74) is 4.27. The fourth-order valence-electron chi connectivity index (χ4n) is 2.69. The number of carbonyl (C=O) groups excluding carboxylic acids is 1. The summed E-state index contributed by atoms with van der Waals surface area (Å²) in [6, 6.07) is 10.2. The van der Waals surface area contributed by atoms with Gasteiger partial charge in [0.05, 0.1) is 45.1 Å². The second-order valence-electron chi connectivity index (χ2n) is 6.19. The Morgan fingerprint density at radius 2 is 1.81 bits per heavy atom. The lowest BCUT2D eigenvalue weighted by Crippen LogP contribution is -2.19. The largest absolute Gasteiger partial charge is 0.494 e. The summed E-state index contributed by atoms with van der Waals surface area (Å²) in [4.78, 5) is 20.8. The van der Waals surface area contributed by atoms with Crippen molar-refractivity contribution in [2.24, 2.45) is 5.10 Å². The van der Waals surface area contributed by atoms with Gasteiger partial charge in [-0.25, -0.2) is 10.4 Å². The van der Waals surface area contributed by atoms with Crippen molar-refractivity contribution in [3.63, 3.8) is 0 Å². The van der Waals surface area contributed by atoms with E-state index < -0.39 is 11.7 Å². The topological polar surface area (TPSA) is 94.9 Å². The fourth-order valence-corrected chi connectivity index (χ4v) is 2.69. The van der Waals surface area contributed by atoms with E-state index in [1.165, 1.54) is 38.8 Å². The van der Waals surface area contributed by atoms with Crippen LogP contribution in [0.2, 0.25) is 0 Å². The Labute approximate surface area is 178 Å². The van der Waals surface area contributed by atoms with Crippen molar-refractivity contribution < 1.29 is 23.4 Å². The van der Waals surface area contributed by atoms with Crippen LogP contribution in [-0.4, -0.2) is 42.9 Å². The molecule has 1 heterocycles. The number of aromatic nitrogens is 2. The number of methoxy groups -OCH3 is 2. The number of nitrogens with zero attached hydrogens (tertiary/aromatic N) is 3. The van der Waals surface area contributed by atoms with Crippen LogP contribution in [-0.2, 0) is 0 Å². The Morgan fingerprint density at radius 3 is 2.42 bits per heavy atom. The maximum absolute atomic E-state index is 14.0. The van der Waals surface area contributed by atoms with E-state index in [4.69, 9.17) is 14.2 Å². The molecule has 0 aliphatic rings. The van der Waals surface area contributed by atoms with Crippen LogP contribution in [0.5, 0.6) is 17.2 Å². The zero-order valence-electron chi connectivity index (χ0n) is 17.3. The number of hydrazone groups is 1. The molecule has 9 heteroatoms. The van der Waals surface area contributed by atoms with E-state index in [1.54, 1.807) is 6.20 Å². The predicted molar refractivity (Wildman–Crippen MR) is 113 cm³/mol. The monoisotopic (exact) mass is 424 g/mol. The molecule has 0 spiro atoms. The first kappa shape index (κ1) is 21.7. The Morgan fingerprint density at radius 1 is 1.13 bits per heavy atom. The van der Waals surface area contributed by atoms with Crippen molar-refractivity contribution in [3.8, 4) is 28.5 Å². The lowest BCUT2D eigenvalue weighted by molar-refractivity contribution is 0.0950. The second-order valence-corrected chi connectivity index (χ2v) is 6.19. The Balaban J connectivity index is 1.72. The molecule has 3 rings (SSSR count). The molecule has 0 aliphatic carbocycles. The summed E-state index contributed by atoms with van der Waals surface area (Å²) in [5.74, 6) is -0.413. The maximum atomic E-state index is 14.0. The number of rotatable bonds is 8. The first-order valence-corrected chi connectivity index (χ1v) is 9.36. The normalized spacial score (nSPS) is 10.7. The van der Waals surface area contributed by atoms with Crippen LogP contribution in [0.3, 0.4) is 0 Å². The van der Waals surface area contributed by atoms with Crippen molar-refractivity contribution in [2.75, 3.05) is 20.8 Å². The van der Waals surface area contributed by atoms with Crippen LogP contribution in [0.1, 0.15) is 23.0 Å². The highest BCUT2D eigenvalue weighted by Crippen LogP contribution is 2.27. The minimum absolute atomic E-state index is 0.000972. The van der Waals surface area contributed by atoms with Gasteiger partial charge < -0.3 is 14.2 Å². The molecule has 3 aromatic rings. The lowest BCUT2D eigenvalue weighted by Gasteiger charge is -2.08. The van der Waals surface area contributed by atoms with Crippen molar-refractivity contribution in [1.29, 1.82) is 0 Å². The third-order valence-corrected chi connectivity index (χ3v) is 4.18. The molecule has 0 bridgehead atoms. The summed E-state index contributed by atoms with van der Waals surface area (Å²) < 4.78 is 29.3. The SMILES string of the molecule is CCOc1ccc(-c2cncc(C(=O)NN=Cc3cc(OC)c(F)c(OC)c3)n2)cc1. The predicted octanol–water partition coefficient (Wildman–Crippen LogP) is 3.46. The van der Waals surface area contributed by atoms with Gasteiger partial charge in [0.15, 0.2) is 11.5 Å². The molecule has 160 valence electrons. The summed E-state index contributed by atoms with van der Waals surface area (Å²) >= 11 is 0. The Hall–Kier alpha value is -4.01. The molecule has 31 heavy (non-hydrogen) atoms. The Bertz CT molecular complexity index is 1060. The zero-order chi connectivity index (χ0) is 22.2. The van der Waals surface area contributed by atoms with Gasteiger partial charge in [0.2, 0.25) is 5.82 Å². The third-order valence-electron chi connectivity index (χ3n) is 4.18. The van der Waals surface area contributed by atoms with Gasteiger partial charge in [-0.1, -0.05) is 0 Å². The molecule has 0 saturated heterocycles. The minimum Gasteiger partial charge on any atom is -0.494 e. The van der Waals surface area contributed by atoms with E-state index >= 15 is 0 Å². The van der Waals surface area contributed by atoms with Gasteiger partial charge in [-0.3, -0.25) is 9.78 Å². The van der Waals surface area contributed by atoms with Crippen LogP contribution < -0.4 is 19.6 Å². The van der Waals surface area contributed by atoms with E-state index in [2.05, 4.69) is 20.5 Å². The van der Waals surface area contributed by atoms with Crippen molar-refractivity contribution in [2.45, 2.75) is 6.92 Å². The van der Waals surface area contributed by atoms with E-state index in [0.717, 1.165) is 11.3 Å². The van der Waals surface area contributed by atoms with Gasteiger partial charge >= 0.3 is 0 Å². The molecular weight excluding hydrogens is 403 g/mol. The molecule has 1 aromatic heterocycles. The number of benzene rings is 2. The molecule has 1 N–H and O–H groups in total. The maximum Gasteiger partial charge on any atom is 0.291 e. The zero-order valence-corrected chi connectivity index (χ0v) is 17.3. The molecule has 0 aliphatic heterocycles. The standard InChI is InChI=1S/C22H21FN4O4/c1-4-31-16-7-5-15(6-8-16)17-12-24-13-18(26-17)22(28)27-25-11-14-9-19(29-2)21(23)20(10-14)30-3/h5-13H,4H2,1-3H3,(H,27,28). The van der Waals surface area contributed by atoms with Crippen LogP contribution in [0.4, 0.5) is 4.39 Å². The molecule has 1 amide bonds. The van der Waals surface area contributed by atoms with Gasteiger partial charge in [0.25, 0.3) is 5.91 Å². The lowest BCUT2D eigenvalue weighted by atomic mass is 10.1. The average molecular weight is 424 g/mol. The van der Waals surface area contributed by atoms with E-state index in [-0.39, 0.29) is 17.2 Å². The van der Waals surface area contributed by atoms with Gasteiger partial charge in [-0.05, 0) is 43.3 Å². The second kappa shape index (κ2) is 10.1. The number of amides is 1. The number of ether oxygens (including phenoxy) is 3. The molecule has 0 unspecified atom stereocenters. The van der Waals surface area contributed by atoms with Crippen LogP contribution in [0.15, 0.2) is 53.9 Å². The number of carbonyl (C=O) groups is 1. The summed E-state index contributed by atoms with van der Waals surface area (Å²) in [7, 11) is 2.69. The molecular formula is C22H21FN4O4. The van der Waals surface area contributed by atoms with Crippen molar-refractivity contribution in [1.82, 2.24) is 15.4 Å². The van der Waals surface area contributed by atoms with E-state index in [1.807, 2.05) is 31.2 Å². The van der Waals surface area contributed by atoms with Crippen LogP contribution >= 0.6 is 0 Å². The van der Waals surface area contributed by atoms with Crippen LogP contribution in [0, 0.1) is 5.82 Å². The molecule has 0 fully saturated rings. The summed E-state index contributed by atoms with van der Waals surface area (Å²) in [6.45, 7) is 2.49. The van der Waals surface area contributed by atoms with Gasteiger partial charge in [0.1, 0.15) is 11.4 Å². The van der Waals surface area contributed by atoms with Gasteiger partial charge in [0, 0.05) is 11.1 Å². The first-order chi connectivity index (χ1) is 15.0. The van der Waals surface area contributed by atoms with Gasteiger partial charge in [-0.15, -0.1) is 0 Å². The minimum atomic E-state index is -0.618. The number of nitrogens with one attached hydrogen (secondary N) is 1. The number of hydrogen-bond donors (Lipinski definition) is 1. The summed E-state index contributed by atoms with van der Waals surface area (Å²) in [6.07, 6.45) is 4.24. The average Bonchev–Trinajstić information content (AvgIpc) is 2.80. The quantitative estimate of drug-likeness (QED) is 0.440.